The third-order valence-electron chi connectivity index (χ3n) is 3.69. The summed E-state index contributed by atoms with van der Waals surface area (Å²) in [6.45, 7) is 2.02. The largest absolute Gasteiger partial charge is 0.198 e. The molecule has 0 saturated heterocycles. The number of benzene rings is 1. The van der Waals surface area contributed by atoms with Crippen LogP contribution in [0, 0.1) is 17.2 Å². The van der Waals surface area contributed by atoms with E-state index in [2.05, 4.69) is 18.2 Å². The highest BCUT2D eigenvalue weighted by atomic mass is 35.5. The summed E-state index contributed by atoms with van der Waals surface area (Å²) in [5.74, 6) is 0.0902. The minimum Gasteiger partial charge on any atom is -0.198 e. The Labute approximate surface area is 95.7 Å². The molecule has 0 bridgehead atoms. The standard InChI is InChI=1S/C13H14ClN/c1-10(9-15)13(7-2-8-13)11-3-5-12(14)6-4-11/h3-6,10H,2,7-8H2,1H3. The van der Waals surface area contributed by atoms with Gasteiger partial charge in [-0.25, -0.2) is 0 Å². The van der Waals surface area contributed by atoms with Crippen LogP contribution in [0.25, 0.3) is 0 Å². The lowest BCUT2D eigenvalue weighted by Gasteiger charge is -2.44. The maximum Gasteiger partial charge on any atom is 0.0662 e. The van der Waals surface area contributed by atoms with Gasteiger partial charge in [0.1, 0.15) is 0 Å². The SMILES string of the molecule is CC(C#N)C1(c2ccc(Cl)cc2)CCC1. The molecular formula is C13H14ClN. The molecule has 1 nitrogen and oxygen atoms in total. The van der Waals surface area contributed by atoms with Crippen molar-refractivity contribution in [2.45, 2.75) is 31.6 Å². The molecule has 2 heteroatoms. The van der Waals surface area contributed by atoms with E-state index < -0.39 is 0 Å². The minimum atomic E-state index is 0.0902. The van der Waals surface area contributed by atoms with Gasteiger partial charge in [0.05, 0.1) is 12.0 Å². The maximum absolute atomic E-state index is 9.08. The molecule has 1 aromatic carbocycles. The van der Waals surface area contributed by atoms with E-state index in [-0.39, 0.29) is 11.3 Å². The van der Waals surface area contributed by atoms with E-state index in [4.69, 9.17) is 16.9 Å². The molecule has 0 spiro atoms. The summed E-state index contributed by atoms with van der Waals surface area (Å²) in [6, 6.07) is 10.4. The van der Waals surface area contributed by atoms with E-state index in [0.29, 0.717) is 0 Å². The van der Waals surface area contributed by atoms with E-state index in [0.717, 1.165) is 17.9 Å². The van der Waals surface area contributed by atoms with E-state index in [1.54, 1.807) is 0 Å². The van der Waals surface area contributed by atoms with Crippen LogP contribution in [0.5, 0.6) is 0 Å². The fourth-order valence-electron chi connectivity index (χ4n) is 2.43. The molecule has 0 radical (unpaired) electrons. The lowest BCUT2D eigenvalue weighted by molar-refractivity contribution is 0.191. The fourth-order valence-corrected chi connectivity index (χ4v) is 2.56. The van der Waals surface area contributed by atoms with Crippen LogP contribution in [0.1, 0.15) is 31.7 Å². The predicted molar refractivity (Wildman–Crippen MR) is 61.8 cm³/mol. The number of nitriles is 1. The molecule has 1 unspecified atom stereocenters. The lowest BCUT2D eigenvalue weighted by Crippen LogP contribution is -2.39. The molecule has 0 amide bonds. The average molecular weight is 220 g/mol. The summed E-state index contributed by atoms with van der Waals surface area (Å²) in [7, 11) is 0. The topological polar surface area (TPSA) is 23.8 Å². The molecule has 0 heterocycles. The van der Waals surface area contributed by atoms with Crippen LogP contribution in [0.3, 0.4) is 0 Å². The molecule has 15 heavy (non-hydrogen) atoms. The predicted octanol–water partition coefficient (Wildman–Crippen LogP) is 3.92. The highest BCUT2D eigenvalue weighted by Crippen LogP contribution is 2.49. The van der Waals surface area contributed by atoms with Gasteiger partial charge in [0.2, 0.25) is 0 Å². The molecule has 1 fully saturated rings. The second-order valence-corrected chi connectivity index (χ2v) is 4.80. The first-order valence-corrected chi connectivity index (χ1v) is 5.72. The number of hydrogen-bond donors (Lipinski definition) is 0. The zero-order valence-corrected chi connectivity index (χ0v) is 9.59. The summed E-state index contributed by atoms with van der Waals surface area (Å²) in [5.41, 5.74) is 1.37. The third-order valence-corrected chi connectivity index (χ3v) is 3.94. The summed E-state index contributed by atoms with van der Waals surface area (Å²) in [4.78, 5) is 0. The van der Waals surface area contributed by atoms with Crippen LogP contribution in [0.4, 0.5) is 0 Å². The Balaban J connectivity index is 2.35. The van der Waals surface area contributed by atoms with Crippen molar-refractivity contribution >= 4 is 11.6 Å². The summed E-state index contributed by atoms with van der Waals surface area (Å²) in [6.07, 6.45) is 3.49. The average Bonchev–Trinajstić information content (AvgIpc) is 2.19. The normalized spacial score (nSPS) is 20.1. The van der Waals surface area contributed by atoms with Gasteiger partial charge in [-0.2, -0.15) is 5.26 Å². The third kappa shape index (κ3) is 1.64. The lowest BCUT2D eigenvalue weighted by atomic mass is 9.58. The van der Waals surface area contributed by atoms with Crippen LogP contribution in [-0.2, 0) is 5.41 Å². The second-order valence-electron chi connectivity index (χ2n) is 4.37. The Hall–Kier alpha value is -1.00. The molecule has 0 N–H and O–H groups in total. The fraction of sp³-hybridized carbons (Fsp3) is 0.462. The first-order valence-electron chi connectivity index (χ1n) is 5.35. The molecule has 2 rings (SSSR count). The number of hydrogen-bond acceptors (Lipinski definition) is 1. The van der Waals surface area contributed by atoms with Gasteiger partial charge in [-0.1, -0.05) is 30.2 Å². The zero-order valence-electron chi connectivity index (χ0n) is 8.83. The van der Waals surface area contributed by atoms with E-state index >= 15 is 0 Å². The second kappa shape index (κ2) is 3.87. The number of halogens is 1. The minimum absolute atomic E-state index is 0.0902. The van der Waals surface area contributed by atoms with Gasteiger partial charge in [0.25, 0.3) is 0 Å². The quantitative estimate of drug-likeness (QED) is 0.740. The van der Waals surface area contributed by atoms with E-state index in [1.165, 1.54) is 12.0 Å². The van der Waals surface area contributed by atoms with Crippen molar-refractivity contribution in [3.63, 3.8) is 0 Å². The van der Waals surface area contributed by atoms with Gasteiger partial charge in [-0.15, -0.1) is 0 Å². The highest BCUT2D eigenvalue weighted by molar-refractivity contribution is 6.30. The first kappa shape index (κ1) is 10.5. The summed E-state index contributed by atoms with van der Waals surface area (Å²) in [5, 5.41) is 9.84. The molecule has 0 aliphatic heterocycles. The number of rotatable bonds is 2. The molecule has 78 valence electrons. The molecule has 1 atom stereocenters. The molecule has 1 aliphatic rings. The molecule has 1 saturated carbocycles. The monoisotopic (exact) mass is 219 g/mol. The molecule has 1 aromatic rings. The molecular weight excluding hydrogens is 206 g/mol. The first-order chi connectivity index (χ1) is 7.19. The van der Waals surface area contributed by atoms with Crippen molar-refractivity contribution in [2.75, 3.05) is 0 Å². The van der Waals surface area contributed by atoms with Crippen molar-refractivity contribution in [2.24, 2.45) is 5.92 Å². The van der Waals surface area contributed by atoms with Crippen LogP contribution < -0.4 is 0 Å². The summed E-state index contributed by atoms with van der Waals surface area (Å²) >= 11 is 5.87. The van der Waals surface area contributed by atoms with Crippen LogP contribution >= 0.6 is 11.6 Å². The van der Waals surface area contributed by atoms with Gasteiger partial charge in [-0.05, 0) is 37.5 Å². The highest BCUT2D eigenvalue weighted by Gasteiger charge is 2.43. The molecule has 1 aliphatic carbocycles. The van der Waals surface area contributed by atoms with Crippen LogP contribution in [-0.4, -0.2) is 0 Å². The van der Waals surface area contributed by atoms with Crippen LogP contribution in [0.2, 0.25) is 5.02 Å². The Kier molecular flexibility index (Phi) is 2.71. The number of nitrogens with zero attached hydrogens (tertiary/aromatic N) is 1. The Morgan fingerprint density at radius 1 is 1.33 bits per heavy atom. The van der Waals surface area contributed by atoms with Gasteiger partial charge in [0, 0.05) is 10.4 Å². The smallest absolute Gasteiger partial charge is 0.0662 e. The van der Waals surface area contributed by atoms with Gasteiger partial charge < -0.3 is 0 Å². The van der Waals surface area contributed by atoms with Crippen molar-refractivity contribution in [3.8, 4) is 6.07 Å². The van der Waals surface area contributed by atoms with Gasteiger partial charge in [0.15, 0.2) is 0 Å². The Bertz CT molecular complexity index is 384. The van der Waals surface area contributed by atoms with Crippen molar-refractivity contribution in [3.05, 3.63) is 34.9 Å². The summed E-state index contributed by atoms with van der Waals surface area (Å²) < 4.78 is 0. The van der Waals surface area contributed by atoms with E-state index in [9.17, 15) is 0 Å². The molecule has 0 aromatic heterocycles. The Morgan fingerprint density at radius 2 is 1.93 bits per heavy atom. The van der Waals surface area contributed by atoms with Gasteiger partial charge in [-0.3, -0.25) is 0 Å². The maximum atomic E-state index is 9.08. The van der Waals surface area contributed by atoms with Crippen molar-refractivity contribution in [1.29, 1.82) is 5.26 Å². The van der Waals surface area contributed by atoms with Gasteiger partial charge >= 0.3 is 0 Å². The van der Waals surface area contributed by atoms with Crippen molar-refractivity contribution in [1.82, 2.24) is 0 Å². The Morgan fingerprint density at radius 3 is 2.33 bits per heavy atom. The zero-order chi connectivity index (χ0) is 10.9. The van der Waals surface area contributed by atoms with E-state index in [1.807, 2.05) is 19.1 Å². The van der Waals surface area contributed by atoms with Crippen molar-refractivity contribution < 1.29 is 0 Å². The van der Waals surface area contributed by atoms with Crippen LogP contribution in [0.15, 0.2) is 24.3 Å².